The maximum atomic E-state index is 11.9. The first-order chi connectivity index (χ1) is 9.28. The van der Waals surface area contributed by atoms with Crippen molar-refractivity contribution in [3.63, 3.8) is 0 Å². The van der Waals surface area contributed by atoms with E-state index in [0.717, 1.165) is 23.6 Å². The Balaban J connectivity index is 1.76. The molecule has 1 aromatic rings. The number of benzene rings is 1. The molecular formula is C16H23NO2. The maximum absolute atomic E-state index is 11.9. The summed E-state index contributed by atoms with van der Waals surface area (Å²) in [4.78, 5) is 11.9. The van der Waals surface area contributed by atoms with Gasteiger partial charge in [0.05, 0.1) is 6.61 Å². The van der Waals surface area contributed by atoms with Crippen LogP contribution in [0.25, 0.3) is 0 Å². The maximum Gasteiger partial charge on any atom is 0.224 e. The number of aliphatic hydroxyl groups excluding tert-OH is 1. The minimum Gasteiger partial charge on any atom is -0.392 e. The Labute approximate surface area is 115 Å². The van der Waals surface area contributed by atoms with Crippen LogP contribution in [-0.4, -0.2) is 11.0 Å². The Kier molecular flexibility index (Phi) is 5.40. The molecule has 1 amide bonds. The fraction of sp³-hybridized carbons (Fsp3) is 0.562. The van der Waals surface area contributed by atoms with E-state index in [4.69, 9.17) is 5.11 Å². The van der Waals surface area contributed by atoms with Crippen molar-refractivity contribution >= 4 is 11.6 Å². The Bertz CT molecular complexity index is 411. The number of rotatable bonds is 5. The van der Waals surface area contributed by atoms with Crippen LogP contribution in [0.4, 0.5) is 5.69 Å². The molecule has 0 aliphatic heterocycles. The number of anilines is 1. The highest BCUT2D eigenvalue weighted by atomic mass is 16.3. The number of nitrogens with one attached hydrogen (secondary N) is 1. The van der Waals surface area contributed by atoms with Gasteiger partial charge in [0, 0.05) is 12.1 Å². The summed E-state index contributed by atoms with van der Waals surface area (Å²) in [5.74, 6) is 0.823. The molecule has 1 saturated carbocycles. The molecule has 0 heterocycles. The van der Waals surface area contributed by atoms with Gasteiger partial charge in [-0.2, -0.15) is 0 Å². The molecule has 0 radical (unpaired) electrons. The molecule has 1 aliphatic rings. The van der Waals surface area contributed by atoms with Crippen molar-refractivity contribution < 1.29 is 9.90 Å². The molecule has 0 bridgehead atoms. The predicted molar refractivity (Wildman–Crippen MR) is 76.8 cm³/mol. The summed E-state index contributed by atoms with van der Waals surface area (Å²) in [6.45, 7) is 0.00574. The van der Waals surface area contributed by atoms with E-state index in [1.165, 1.54) is 32.1 Å². The smallest absolute Gasteiger partial charge is 0.224 e. The van der Waals surface area contributed by atoms with Gasteiger partial charge in [-0.3, -0.25) is 4.79 Å². The zero-order valence-corrected chi connectivity index (χ0v) is 11.4. The molecule has 0 saturated heterocycles. The van der Waals surface area contributed by atoms with Crippen LogP contribution in [0.3, 0.4) is 0 Å². The number of carbonyl (C=O) groups is 1. The lowest BCUT2D eigenvalue weighted by Gasteiger charge is -2.21. The highest BCUT2D eigenvalue weighted by Crippen LogP contribution is 2.27. The summed E-state index contributed by atoms with van der Waals surface area (Å²) in [5, 5.41) is 12.0. The second kappa shape index (κ2) is 7.29. The van der Waals surface area contributed by atoms with Crippen molar-refractivity contribution in [3.05, 3.63) is 29.8 Å². The Hall–Kier alpha value is -1.35. The summed E-state index contributed by atoms with van der Waals surface area (Å²) in [5.41, 5.74) is 1.60. The third kappa shape index (κ3) is 4.67. The van der Waals surface area contributed by atoms with Crippen molar-refractivity contribution in [3.8, 4) is 0 Å². The largest absolute Gasteiger partial charge is 0.392 e. The SMILES string of the molecule is O=C(CCC1CCCCC1)Nc1cccc(CO)c1. The first kappa shape index (κ1) is 14.1. The fourth-order valence-electron chi connectivity index (χ4n) is 2.78. The van der Waals surface area contributed by atoms with Crippen LogP contribution in [-0.2, 0) is 11.4 Å². The summed E-state index contributed by atoms with van der Waals surface area (Å²) in [7, 11) is 0. The minimum atomic E-state index is 0.00574. The van der Waals surface area contributed by atoms with Gasteiger partial charge in [-0.15, -0.1) is 0 Å². The Morgan fingerprint density at radius 1 is 1.26 bits per heavy atom. The fourth-order valence-corrected chi connectivity index (χ4v) is 2.78. The van der Waals surface area contributed by atoms with Crippen molar-refractivity contribution in [2.24, 2.45) is 5.92 Å². The number of hydrogen-bond acceptors (Lipinski definition) is 2. The lowest BCUT2D eigenvalue weighted by atomic mass is 9.86. The van der Waals surface area contributed by atoms with E-state index in [0.29, 0.717) is 6.42 Å². The second-order valence-electron chi connectivity index (χ2n) is 5.45. The van der Waals surface area contributed by atoms with Crippen LogP contribution in [0.5, 0.6) is 0 Å². The average Bonchev–Trinajstić information content (AvgIpc) is 2.46. The van der Waals surface area contributed by atoms with Crippen molar-refractivity contribution in [1.29, 1.82) is 0 Å². The average molecular weight is 261 g/mol. The topological polar surface area (TPSA) is 49.3 Å². The monoisotopic (exact) mass is 261 g/mol. The van der Waals surface area contributed by atoms with Crippen molar-refractivity contribution in [2.45, 2.75) is 51.6 Å². The highest BCUT2D eigenvalue weighted by molar-refractivity contribution is 5.90. The van der Waals surface area contributed by atoms with E-state index in [1.54, 1.807) is 0 Å². The van der Waals surface area contributed by atoms with Gasteiger partial charge >= 0.3 is 0 Å². The molecule has 2 N–H and O–H groups in total. The number of aliphatic hydroxyl groups is 1. The van der Waals surface area contributed by atoms with Gasteiger partial charge < -0.3 is 10.4 Å². The zero-order valence-electron chi connectivity index (χ0n) is 11.4. The highest BCUT2D eigenvalue weighted by Gasteiger charge is 2.14. The normalized spacial score (nSPS) is 16.3. The number of carbonyl (C=O) groups excluding carboxylic acids is 1. The van der Waals surface area contributed by atoms with Crippen LogP contribution >= 0.6 is 0 Å². The second-order valence-corrected chi connectivity index (χ2v) is 5.45. The first-order valence-corrected chi connectivity index (χ1v) is 7.27. The van der Waals surface area contributed by atoms with Gasteiger partial charge in [0.1, 0.15) is 0 Å². The molecule has 1 aromatic carbocycles. The molecule has 0 unspecified atom stereocenters. The number of amides is 1. The molecule has 3 nitrogen and oxygen atoms in total. The number of hydrogen-bond donors (Lipinski definition) is 2. The van der Waals surface area contributed by atoms with Gasteiger partial charge in [-0.1, -0.05) is 44.2 Å². The molecule has 0 spiro atoms. The van der Waals surface area contributed by atoms with Gasteiger partial charge in [-0.25, -0.2) is 0 Å². The van der Waals surface area contributed by atoms with Crippen LogP contribution in [0.2, 0.25) is 0 Å². The van der Waals surface area contributed by atoms with Crippen LogP contribution in [0.15, 0.2) is 24.3 Å². The summed E-state index contributed by atoms with van der Waals surface area (Å²) in [6.07, 6.45) is 8.19. The molecule has 0 atom stereocenters. The van der Waals surface area contributed by atoms with Crippen LogP contribution in [0, 0.1) is 5.92 Å². The van der Waals surface area contributed by atoms with E-state index in [2.05, 4.69) is 5.32 Å². The Morgan fingerprint density at radius 2 is 2.05 bits per heavy atom. The molecule has 104 valence electrons. The standard InChI is InChI=1S/C16H23NO2/c18-12-14-7-4-8-15(11-14)17-16(19)10-9-13-5-2-1-3-6-13/h4,7-8,11,13,18H,1-3,5-6,9-10,12H2,(H,17,19). The van der Waals surface area contributed by atoms with E-state index in [1.807, 2.05) is 24.3 Å². The van der Waals surface area contributed by atoms with Gasteiger partial charge in [0.2, 0.25) is 5.91 Å². The lowest BCUT2D eigenvalue weighted by Crippen LogP contribution is -2.14. The predicted octanol–water partition coefficient (Wildman–Crippen LogP) is 3.48. The minimum absolute atomic E-state index is 0.00574. The summed E-state index contributed by atoms with van der Waals surface area (Å²) in [6, 6.07) is 7.37. The molecular weight excluding hydrogens is 238 g/mol. The van der Waals surface area contributed by atoms with E-state index in [-0.39, 0.29) is 12.5 Å². The van der Waals surface area contributed by atoms with E-state index in [9.17, 15) is 4.79 Å². The molecule has 2 rings (SSSR count). The van der Waals surface area contributed by atoms with Crippen molar-refractivity contribution in [1.82, 2.24) is 0 Å². The molecule has 3 heteroatoms. The summed E-state index contributed by atoms with van der Waals surface area (Å²) < 4.78 is 0. The van der Waals surface area contributed by atoms with Gasteiger partial charge in [0.15, 0.2) is 0 Å². The molecule has 0 aromatic heterocycles. The first-order valence-electron chi connectivity index (χ1n) is 7.27. The lowest BCUT2D eigenvalue weighted by molar-refractivity contribution is -0.116. The van der Waals surface area contributed by atoms with E-state index < -0.39 is 0 Å². The van der Waals surface area contributed by atoms with E-state index >= 15 is 0 Å². The summed E-state index contributed by atoms with van der Waals surface area (Å²) >= 11 is 0. The third-order valence-corrected chi connectivity index (χ3v) is 3.90. The molecule has 19 heavy (non-hydrogen) atoms. The molecule has 1 fully saturated rings. The molecule has 1 aliphatic carbocycles. The Morgan fingerprint density at radius 3 is 2.79 bits per heavy atom. The zero-order chi connectivity index (χ0) is 13.5. The quantitative estimate of drug-likeness (QED) is 0.852. The third-order valence-electron chi connectivity index (χ3n) is 3.90. The van der Waals surface area contributed by atoms with Gasteiger partial charge in [0.25, 0.3) is 0 Å². The van der Waals surface area contributed by atoms with Crippen molar-refractivity contribution in [2.75, 3.05) is 5.32 Å². The van der Waals surface area contributed by atoms with Crippen LogP contribution < -0.4 is 5.32 Å². The van der Waals surface area contributed by atoms with Gasteiger partial charge in [-0.05, 0) is 30.0 Å². The van der Waals surface area contributed by atoms with Crippen LogP contribution in [0.1, 0.15) is 50.5 Å².